The summed E-state index contributed by atoms with van der Waals surface area (Å²) in [5, 5.41) is 8.73. The number of carbonyl (C=O) groups excluding carboxylic acids is 1. The van der Waals surface area contributed by atoms with Gasteiger partial charge in [-0.15, -0.1) is 0 Å². The average Bonchev–Trinajstić information content (AvgIpc) is 2.54. The van der Waals surface area contributed by atoms with Crippen molar-refractivity contribution >= 4 is 15.9 Å². The molecule has 1 amide bonds. The van der Waals surface area contributed by atoms with Crippen LogP contribution >= 0.6 is 0 Å². The summed E-state index contributed by atoms with van der Waals surface area (Å²) >= 11 is 0. The maximum atomic E-state index is 12.5. The lowest BCUT2D eigenvalue weighted by atomic mass is 10.1. The Labute approximate surface area is 138 Å². The number of amides is 1. The molecule has 0 aromatic heterocycles. The van der Waals surface area contributed by atoms with E-state index in [1.165, 1.54) is 21.3 Å². The molecule has 0 unspecified atom stereocenters. The Morgan fingerprint density at radius 1 is 1.30 bits per heavy atom. The van der Waals surface area contributed by atoms with Crippen molar-refractivity contribution in [3.63, 3.8) is 0 Å². The predicted octanol–water partition coefficient (Wildman–Crippen LogP) is 2.09. The van der Waals surface area contributed by atoms with Gasteiger partial charge < -0.3 is 4.90 Å². The lowest BCUT2D eigenvalue weighted by Crippen LogP contribution is -2.35. The second-order valence-corrected chi connectivity index (χ2v) is 7.18. The van der Waals surface area contributed by atoms with Gasteiger partial charge in [-0.2, -0.15) is 9.57 Å². The zero-order valence-electron chi connectivity index (χ0n) is 14.0. The van der Waals surface area contributed by atoms with E-state index in [1.807, 2.05) is 6.07 Å². The normalized spacial score (nSPS) is 12.7. The Balaban J connectivity index is 3.15. The highest BCUT2D eigenvalue weighted by Gasteiger charge is 2.24. The van der Waals surface area contributed by atoms with Crippen LogP contribution in [0.5, 0.6) is 0 Å². The molecule has 0 saturated heterocycles. The molecule has 0 bridgehead atoms. The molecule has 0 saturated carbocycles. The molecule has 0 radical (unpaired) electrons. The van der Waals surface area contributed by atoms with Crippen molar-refractivity contribution in [2.45, 2.75) is 38.1 Å². The van der Waals surface area contributed by atoms with E-state index in [0.717, 1.165) is 0 Å². The van der Waals surface area contributed by atoms with Crippen LogP contribution in [0.1, 0.15) is 37.6 Å². The van der Waals surface area contributed by atoms with E-state index in [-0.39, 0.29) is 23.3 Å². The highest BCUT2D eigenvalue weighted by molar-refractivity contribution is 7.89. The summed E-state index contributed by atoms with van der Waals surface area (Å²) in [6.07, 6.45) is 0.222. The van der Waals surface area contributed by atoms with Crippen LogP contribution in [0.4, 0.5) is 0 Å². The van der Waals surface area contributed by atoms with Crippen molar-refractivity contribution in [2.24, 2.45) is 0 Å². The summed E-state index contributed by atoms with van der Waals surface area (Å²) in [5.41, 5.74) is 0.297. The predicted molar refractivity (Wildman–Crippen MR) is 88.3 cm³/mol. The van der Waals surface area contributed by atoms with Crippen molar-refractivity contribution in [3.8, 4) is 6.07 Å². The molecule has 1 aromatic rings. The van der Waals surface area contributed by atoms with Crippen LogP contribution in [0.15, 0.2) is 29.2 Å². The molecule has 0 aliphatic heterocycles. The Morgan fingerprint density at radius 3 is 2.43 bits per heavy atom. The first-order chi connectivity index (χ1) is 10.8. The summed E-state index contributed by atoms with van der Waals surface area (Å²) in [5.74, 6) is -0.302. The van der Waals surface area contributed by atoms with Crippen LogP contribution < -0.4 is 0 Å². The van der Waals surface area contributed by atoms with Gasteiger partial charge in [-0.3, -0.25) is 4.79 Å². The summed E-state index contributed by atoms with van der Waals surface area (Å²) in [4.78, 5) is 14.0. The SMILES string of the molecule is CCN(CC)S(=O)(=O)c1cccc(C(=O)N(C)[C@@H](C)CC#N)c1. The van der Waals surface area contributed by atoms with Gasteiger partial charge in [-0.25, -0.2) is 8.42 Å². The Hall–Kier alpha value is -1.91. The minimum atomic E-state index is -3.60. The maximum Gasteiger partial charge on any atom is 0.253 e. The van der Waals surface area contributed by atoms with Gasteiger partial charge in [0.25, 0.3) is 5.91 Å². The quantitative estimate of drug-likeness (QED) is 0.763. The van der Waals surface area contributed by atoms with Crippen molar-refractivity contribution in [1.82, 2.24) is 9.21 Å². The number of hydrogen-bond donors (Lipinski definition) is 0. The van der Waals surface area contributed by atoms with E-state index < -0.39 is 10.0 Å². The summed E-state index contributed by atoms with van der Waals surface area (Å²) in [7, 11) is -2.00. The maximum absolute atomic E-state index is 12.5. The van der Waals surface area contributed by atoms with Crippen molar-refractivity contribution < 1.29 is 13.2 Å². The summed E-state index contributed by atoms with van der Waals surface area (Å²) in [6, 6.07) is 7.81. The Bertz CT molecular complexity index is 691. The van der Waals surface area contributed by atoms with Crippen LogP contribution in [0, 0.1) is 11.3 Å². The number of carbonyl (C=O) groups is 1. The molecule has 1 rings (SSSR count). The Morgan fingerprint density at radius 2 is 1.91 bits per heavy atom. The number of hydrogen-bond acceptors (Lipinski definition) is 4. The van der Waals surface area contributed by atoms with Crippen LogP contribution in [-0.2, 0) is 10.0 Å². The van der Waals surface area contributed by atoms with E-state index in [0.29, 0.717) is 18.7 Å². The number of nitrogens with zero attached hydrogens (tertiary/aromatic N) is 3. The average molecular weight is 337 g/mol. The number of sulfonamides is 1. The smallest absolute Gasteiger partial charge is 0.253 e. The number of benzene rings is 1. The van der Waals surface area contributed by atoms with E-state index in [4.69, 9.17) is 5.26 Å². The fraction of sp³-hybridized carbons (Fsp3) is 0.500. The molecule has 0 aliphatic carbocycles. The molecule has 0 heterocycles. The van der Waals surface area contributed by atoms with Crippen molar-refractivity contribution in [3.05, 3.63) is 29.8 Å². The molecule has 0 aliphatic rings. The molecule has 7 heteroatoms. The third-order valence-corrected chi connectivity index (χ3v) is 5.84. The molecule has 126 valence electrons. The fourth-order valence-corrected chi connectivity index (χ4v) is 3.68. The largest absolute Gasteiger partial charge is 0.338 e. The highest BCUT2D eigenvalue weighted by atomic mass is 32.2. The second-order valence-electron chi connectivity index (χ2n) is 5.24. The summed E-state index contributed by atoms with van der Waals surface area (Å²) in [6.45, 7) is 6.06. The zero-order chi connectivity index (χ0) is 17.6. The third-order valence-electron chi connectivity index (χ3n) is 3.79. The molecule has 6 nitrogen and oxygen atoms in total. The Kier molecular flexibility index (Phi) is 6.73. The minimum absolute atomic E-state index is 0.105. The van der Waals surface area contributed by atoms with Crippen LogP contribution in [0.2, 0.25) is 0 Å². The molecule has 1 aromatic carbocycles. The third kappa shape index (κ3) is 4.30. The summed E-state index contributed by atoms with van der Waals surface area (Å²) < 4.78 is 26.4. The lowest BCUT2D eigenvalue weighted by Gasteiger charge is -2.23. The molecular formula is C16H23N3O3S. The first-order valence-corrected chi connectivity index (χ1v) is 8.97. The number of rotatable bonds is 7. The first-order valence-electron chi connectivity index (χ1n) is 7.53. The van der Waals surface area contributed by atoms with Gasteiger partial charge in [0.1, 0.15) is 0 Å². The van der Waals surface area contributed by atoms with Gasteiger partial charge in [0, 0.05) is 31.7 Å². The van der Waals surface area contributed by atoms with E-state index in [9.17, 15) is 13.2 Å². The molecule has 1 atom stereocenters. The van der Waals surface area contributed by atoms with Gasteiger partial charge in [-0.1, -0.05) is 19.9 Å². The number of nitriles is 1. The molecule has 23 heavy (non-hydrogen) atoms. The highest BCUT2D eigenvalue weighted by Crippen LogP contribution is 2.18. The molecule has 0 spiro atoms. The molecular weight excluding hydrogens is 314 g/mol. The van der Waals surface area contributed by atoms with Gasteiger partial charge in [-0.05, 0) is 25.1 Å². The fourth-order valence-electron chi connectivity index (χ4n) is 2.18. The monoisotopic (exact) mass is 337 g/mol. The topological polar surface area (TPSA) is 81.5 Å². The van der Waals surface area contributed by atoms with Gasteiger partial charge in [0.2, 0.25) is 10.0 Å². The van der Waals surface area contributed by atoms with Crippen LogP contribution in [0.25, 0.3) is 0 Å². The lowest BCUT2D eigenvalue weighted by molar-refractivity contribution is 0.0746. The standard InChI is InChI=1S/C16H23N3O3S/c1-5-19(6-2)23(21,22)15-9-7-8-14(12-15)16(20)18(4)13(3)10-11-17/h7-9,12-13H,5-6,10H2,1-4H3/t13-/m0/s1. The molecule has 0 N–H and O–H groups in total. The van der Waals surface area contributed by atoms with Crippen molar-refractivity contribution in [1.29, 1.82) is 5.26 Å². The van der Waals surface area contributed by atoms with E-state index in [1.54, 1.807) is 40.0 Å². The van der Waals surface area contributed by atoms with Crippen LogP contribution in [0.3, 0.4) is 0 Å². The first kappa shape index (κ1) is 19.1. The van der Waals surface area contributed by atoms with E-state index >= 15 is 0 Å². The van der Waals surface area contributed by atoms with Gasteiger partial charge >= 0.3 is 0 Å². The second kappa shape index (κ2) is 8.09. The van der Waals surface area contributed by atoms with Gasteiger partial charge in [0.05, 0.1) is 17.4 Å². The minimum Gasteiger partial charge on any atom is -0.338 e. The molecule has 0 fully saturated rings. The van der Waals surface area contributed by atoms with Crippen molar-refractivity contribution in [2.75, 3.05) is 20.1 Å². The van der Waals surface area contributed by atoms with Crippen LogP contribution in [-0.4, -0.2) is 49.7 Å². The zero-order valence-corrected chi connectivity index (χ0v) is 14.8. The van der Waals surface area contributed by atoms with E-state index in [2.05, 4.69) is 0 Å². The van der Waals surface area contributed by atoms with Gasteiger partial charge in [0.15, 0.2) is 0 Å².